The molecule has 2 aromatic carbocycles. The number of rotatable bonds is 8. The van der Waals surface area contributed by atoms with Gasteiger partial charge in [-0.1, -0.05) is 30.3 Å². The molecule has 0 radical (unpaired) electrons. The van der Waals surface area contributed by atoms with Gasteiger partial charge in [-0.2, -0.15) is 13.2 Å². The van der Waals surface area contributed by atoms with Gasteiger partial charge in [0.1, 0.15) is 12.1 Å². The zero-order valence-electron chi connectivity index (χ0n) is 21.5. The highest BCUT2D eigenvalue weighted by molar-refractivity contribution is 5.91. The third-order valence-electron chi connectivity index (χ3n) is 7.26. The van der Waals surface area contributed by atoms with Crippen LogP contribution in [0.2, 0.25) is 0 Å². The molecule has 0 spiro atoms. The first-order valence-electron chi connectivity index (χ1n) is 13.2. The first-order valence-corrected chi connectivity index (χ1v) is 13.2. The Morgan fingerprint density at radius 1 is 1.08 bits per heavy atom. The fourth-order valence-electron chi connectivity index (χ4n) is 5.23. The zero-order valence-corrected chi connectivity index (χ0v) is 21.5. The van der Waals surface area contributed by atoms with E-state index in [-0.39, 0.29) is 35.8 Å². The zero-order chi connectivity index (χ0) is 27.2. The van der Waals surface area contributed by atoms with Crippen molar-refractivity contribution in [2.45, 2.75) is 50.2 Å². The van der Waals surface area contributed by atoms with Crippen molar-refractivity contribution in [3.05, 3.63) is 66.0 Å². The van der Waals surface area contributed by atoms with Crippen molar-refractivity contribution < 1.29 is 27.4 Å². The minimum atomic E-state index is -4.49. The molecule has 39 heavy (non-hydrogen) atoms. The summed E-state index contributed by atoms with van der Waals surface area (Å²) in [6.07, 6.45) is -0.462. The molecular weight excluding hydrogens is 511 g/mol. The van der Waals surface area contributed by atoms with E-state index in [1.807, 2.05) is 30.3 Å². The number of carbonyl (C=O) groups is 1. The molecular formula is C28H32F3N5O3. The largest absolute Gasteiger partial charge is 0.416 e. The molecule has 3 heterocycles. The first kappa shape index (κ1) is 27.3. The van der Waals surface area contributed by atoms with Crippen molar-refractivity contribution in [3.8, 4) is 0 Å². The molecule has 2 unspecified atom stereocenters. The molecule has 1 aromatic heterocycles. The maximum Gasteiger partial charge on any atom is 0.416 e. The monoisotopic (exact) mass is 543 g/mol. The van der Waals surface area contributed by atoms with Gasteiger partial charge in [-0.15, -0.1) is 0 Å². The van der Waals surface area contributed by atoms with Gasteiger partial charge in [-0.3, -0.25) is 9.69 Å². The smallest absolute Gasteiger partial charge is 0.381 e. The maximum atomic E-state index is 13.2. The van der Waals surface area contributed by atoms with Gasteiger partial charge in [-0.25, -0.2) is 9.97 Å². The summed E-state index contributed by atoms with van der Waals surface area (Å²) < 4.78 is 51.6. The Labute approximate surface area is 224 Å². The minimum Gasteiger partial charge on any atom is -0.381 e. The van der Waals surface area contributed by atoms with Gasteiger partial charge >= 0.3 is 6.18 Å². The summed E-state index contributed by atoms with van der Waals surface area (Å²) in [6, 6.07) is 13.3. The fraction of sp³-hybridized carbons (Fsp3) is 0.464. The van der Waals surface area contributed by atoms with Crippen LogP contribution in [0.25, 0.3) is 10.9 Å². The van der Waals surface area contributed by atoms with Gasteiger partial charge in [-0.05, 0) is 43.0 Å². The molecule has 2 saturated heterocycles. The summed E-state index contributed by atoms with van der Waals surface area (Å²) in [4.78, 5) is 23.5. The number of fused-ring (bicyclic) bond motifs is 1. The molecule has 0 aliphatic carbocycles. The molecule has 8 nitrogen and oxygen atoms in total. The molecule has 3 atom stereocenters. The highest BCUT2D eigenvalue weighted by atomic mass is 19.4. The number of halogens is 3. The molecule has 5 rings (SSSR count). The van der Waals surface area contributed by atoms with Crippen LogP contribution in [-0.4, -0.2) is 71.8 Å². The Morgan fingerprint density at radius 2 is 1.92 bits per heavy atom. The van der Waals surface area contributed by atoms with E-state index in [9.17, 15) is 18.0 Å². The average molecular weight is 544 g/mol. The molecule has 0 bridgehead atoms. The van der Waals surface area contributed by atoms with E-state index in [0.29, 0.717) is 31.3 Å². The molecule has 2 aliphatic heterocycles. The molecule has 2 N–H and O–H groups in total. The minimum absolute atomic E-state index is 0.151. The van der Waals surface area contributed by atoms with E-state index in [4.69, 9.17) is 9.47 Å². The number of carbonyl (C=O) groups excluding carboxylic acids is 1. The summed E-state index contributed by atoms with van der Waals surface area (Å²) in [7, 11) is 0. The van der Waals surface area contributed by atoms with Crippen LogP contribution in [0.15, 0.2) is 54.9 Å². The van der Waals surface area contributed by atoms with Crippen LogP contribution < -0.4 is 10.6 Å². The lowest BCUT2D eigenvalue weighted by Crippen LogP contribution is -2.46. The standard InChI is InChI=1S/C28H32F3N5O3/c29-28(30,31)20-8-9-23-22(13-20)27(34-18-33-23)32-14-26(37)35-24-15-36(21-7-4-11-38-12-10-21)16-25(24)39-17-19-5-2-1-3-6-19/h1-3,5-6,8-9,13,18,21,24-25H,4,7,10-12,14-17H2,(H,35,37)(H,32,33,34)/t21?,24?,25-/m0/s1. The summed E-state index contributed by atoms with van der Waals surface area (Å²) >= 11 is 0. The second-order valence-corrected chi connectivity index (χ2v) is 9.97. The van der Waals surface area contributed by atoms with Crippen molar-refractivity contribution in [1.82, 2.24) is 20.2 Å². The van der Waals surface area contributed by atoms with Gasteiger partial charge in [0.05, 0.1) is 36.4 Å². The lowest BCUT2D eigenvalue weighted by atomic mass is 10.1. The number of alkyl halides is 3. The third kappa shape index (κ3) is 7.03. The summed E-state index contributed by atoms with van der Waals surface area (Å²) in [5, 5.41) is 6.18. The number of likely N-dealkylation sites (tertiary alicyclic amines) is 1. The highest BCUT2D eigenvalue weighted by Gasteiger charge is 2.38. The Morgan fingerprint density at radius 3 is 2.74 bits per heavy atom. The number of anilines is 1. The molecule has 1 amide bonds. The van der Waals surface area contributed by atoms with Crippen molar-refractivity contribution in [1.29, 1.82) is 0 Å². The normalized spacial score (nSPS) is 22.5. The Balaban J connectivity index is 1.25. The van der Waals surface area contributed by atoms with Crippen molar-refractivity contribution in [2.24, 2.45) is 0 Å². The molecule has 11 heteroatoms. The number of nitrogens with zero attached hydrogens (tertiary/aromatic N) is 3. The Hall–Kier alpha value is -3.28. The Kier molecular flexibility index (Phi) is 8.59. The number of nitrogens with one attached hydrogen (secondary N) is 2. The fourth-order valence-corrected chi connectivity index (χ4v) is 5.23. The van der Waals surface area contributed by atoms with Crippen molar-refractivity contribution in [2.75, 3.05) is 38.2 Å². The second kappa shape index (κ2) is 12.3. The van der Waals surface area contributed by atoms with E-state index < -0.39 is 11.7 Å². The molecule has 2 fully saturated rings. The summed E-state index contributed by atoms with van der Waals surface area (Å²) in [6.45, 7) is 3.13. The van der Waals surface area contributed by atoms with Crippen LogP contribution in [0.3, 0.4) is 0 Å². The summed E-state index contributed by atoms with van der Waals surface area (Å²) in [5.74, 6) is -0.122. The van der Waals surface area contributed by atoms with Gasteiger partial charge in [0.15, 0.2) is 0 Å². The van der Waals surface area contributed by atoms with Gasteiger partial charge in [0.25, 0.3) is 0 Å². The van der Waals surface area contributed by atoms with Crippen LogP contribution >= 0.6 is 0 Å². The number of amides is 1. The van der Waals surface area contributed by atoms with Crippen LogP contribution in [-0.2, 0) is 27.1 Å². The van der Waals surface area contributed by atoms with Crippen LogP contribution in [0.1, 0.15) is 30.4 Å². The molecule has 208 valence electrons. The van der Waals surface area contributed by atoms with E-state index in [2.05, 4.69) is 25.5 Å². The maximum absolute atomic E-state index is 13.2. The lowest BCUT2D eigenvalue weighted by molar-refractivity contribution is -0.137. The summed E-state index contributed by atoms with van der Waals surface area (Å²) in [5.41, 5.74) is 0.610. The van der Waals surface area contributed by atoms with E-state index in [1.165, 1.54) is 12.4 Å². The Bertz CT molecular complexity index is 1250. The third-order valence-corrected chi connectivity index (χ3v) is 7.26. The number of ether oxygens (including phenoxy) is 2. The van der Waals surface area contributed by atoms with E-state index >= 15 is 0 Å². The predicted octanol–water partition coefficient (Wildman–Crippen LogP) is 4.02. The van der Waals surface area contributed by atoms with E-state index in [0.717, 1.165) is 50.2 Å². The van der Waals surface area contributed by atoms with Gasteiger partial charge in [0.2, 0.25) is 5.91 Å². The molecule has 3 aromatic rings. The quantitative estimate of drug-likeness (QED) is 0.444. The number of benzene rings is 2. The van der Waals surface area contributed by atoms with Crippen molar-refractivity contribution >= 4 is 22.6 Å². The average Bonchev–Trinajstić information content (AvgIpc) is 3.13. The van der Waals surface area contributed by atoms with E-state index in [1.54, 1.807) is 0 Å². The molecule has 0 saturated carbocycles. The van der Waals surface area contributed by atoms with Gasteiger partial charge < -0.3 is 20.1 Å². The second-order valence-electron chi connectivity index (χ2n) is 9.97. The van der Waals surface area contributed by atoms with Gasteiger partial charge in [0, 0.05) is 37.7 Å². The lowest BCUT2D eigenvalue weighted by Gasteiger charge is -2.26. The van der Waals surface area contributed by atoms with Crippen LogP contribution in [0, 0.1) is 0 Å². The predicted molar refractivity (Wildman–Crippen MR) is 140 cm³/mol. The van der Waals surface area contributed by atoms with Crippen LogP contribution in [0.5, 0.6) is 0 Å². The first-order chi connectivity index (χ1) is 18.9. The number of hydrogen-bond acceptors (Lipinski definition) is 7. The highest BCUT2D eigenvalue weighted by Crippen LogP contribution is 2.32. The van der Waals surface area contributed by atoms with Crippen molar-refractivity contribution in [3.63, 3.8) is 0 Å². The number of hydrogen-bond donors (Lipinski definition) is 2. The molecule has 2 aliphatic rings. The number of aromatic nitrogens is 2. The van der Waals surface area contributed by atoms with Crippen LogP contribution in [0.4, 0.5) is 19.0 Å². The topological polar surface area (TPSA) is 88.6 Å². The SMILES string of the molecule is O=C(CNc1ncnc2ccc(C(F)(F)F)cc12)NC1CN(C2CCCOCC2)C[C@@H]1OCc1ccccc1.